The maximum atomic E-state index is 3.57. The number of nitrogens with one attached hydrogen (secondary N) is 1. The van der Waals surface area contributed by atoms with E-state index in [2.05, 4.69) is 56.3 Å². The summed E-state index contributed by atoms with van der Waals surface area (Å²) in [7, 11) is 0. The van der Waals surface area contributed by atoms with Gasteiger partial charge < -0.3 is 9.88 Å². The van der Waals surface area contributed by atoms with E-state index < -0.39 is 0 Å². The summed E-state index contributed by atoms with van der Waals surface area (Å²) in [5, 5.41) is 4.89. The summed E-state index contributed by atoms with van der Waals surface area (Å²) in [4.78, 5) is 0. The highest BCUT2D eigenvalue weighted by atomic mass is 79.9. The lowest BCUT2D eigenvalue weighted by atomic mass is 10.2. The number of hydrogen-bond donors (Lipinski definition) is 1. The molecule has 1 aliphatic carbocycles. The van der Waals surface area contributed by atoms with Crippen LogP contribution in [0, 0.1) is 0 Å². The van der Waals surface area contributed by atoms with Gasteiger partial charge >= 0.3 is 0 Å². The predicted molar refractivity (Wildman–Crippen MR) is 79.9 cm³/mol. The van der Waals surface area contributed by atoms with Crippen molar-refractivity contribution in [3.63, 3.8) is 0 Å². The van der Waals surface area contributed by atoms with E-state index in [1.807, 2.05) is 0 Å². The predicted octanol–water partition coefficient (Wildman–Crippen LogP) is 3.94. The minimum absolute atomic E-state index is 0.841. The van der Waals surface area contributed by atoms with Gasteiger partial charge in [0.2, 0.25) is 0 Å². The molecule has 1 fully saturated rings. The highest BCUT2D eigenvalue weighted by Crippen LogP contribution is 2.21. The van der Waals surface area contributed by atoms with Crippen molar-refractivity contribution in [1.82, 2.24) is 9.88 Å². The number of aryl methyl sites for hydroxylation is 1. The third-order valence-electron chi connectivity index (χ3n) is 3.57. The molecule has 0 amide bonds. The van der Waals surface area contributed by atoms with Crippen LogP contribution in [-0.2, 0) is 6.54 Å². The molecule has 2 aromatic rings. The fourth-order valence-corrected chi connectivity index (χ4v) is 2.70. The molecule has 18 heavy (non-hydrogen) atoms. The minimum Gasteiger partial charge on any atom is -0.347 e. The van der Waals surface area contributed by atoms with Crippen LogP contribution in [0.4, 0.5) is 0 Å². The van der Waals surface area contributed by atoms with Gasteiger partial charge in [-0.3, -0.25) is 0 Å². The highest BCUT2D eigenvalue weighted by molar-refractivity contribution is 9.10. The first-order valence-electron chi connectivity index (χ1n) is 6.81. The number of aromatic nitrogens is 1. The fourth-order valence-electron chi connectivity index (χ4n) is 2.35. The summed E-state index contributed by atoms with van der Waals surface area (Å²) in [6, 6.07) is 9.52. The Morgan fingerprint density at radius 3 is 2.94 bits per heavy atom. The Morgan fingerprint density at radius 2 is 2.11 bits per heavy atom. The van der Waals surface area contributed by atoms with Crippen LogP contribution in [0.2, 0.25) is 0 Å². The van der Waals surface area contributed by atoms with E-state index in [-0.39, 0.29) is 0 Å². The second kappa shape index (κ2) is 5.45. The zero-order chi connectivity index (χ0) is 12.4. The lowest BCUT2D eigenvalue weighted by Gasteiger charge is -2.06. The van der Waals surface area contributed by atoms with Crippen molar-refractivity contribution in [3.05, 3.63) is 34.9 Å². The molecule has 1 N–H and O–H groups in total. The van der Waals surface area contributed by atoms with Gasteiger partial charge in [0.1, 0.15) is 0 Å². The molecule has 0 atom stereocenters. The molecule has 0 spiro atoms. The highest BCUT2D eigenvalue weighted by Gasteiger charge is 2.19. The largest absolute Gasteiger partial charge is 0.347 e. The van der Waals surface area contributed by atoms with Crippen LogP contribution in [0.15, 0.2) is 34.9 Å². The van der Waals surface area contributed by atoms with E-state index in [9.17, 15) is 0 Å². The number of hydrogen-bond acceptors (Lipinski definition) is 1. The van der Waals surface area contributed by atoms with E-state index in [0.29, 0.717) is 0 Å². The summed E-state index contributed by atoms with van der Waals surface area (Å²) in [5.74, 6) is 0. The van der Waals surface area contributed by atoms with Crippen LogP contribution in [0.5, 0.6) is 0 Å². The molecule has 0 radical (unpaired) electrons. The zero-order valence-electron chi connectivity index (χ0n) is 10.5. The molecule has 1 heterocycles. The Labute approximate surface area is 116 Å². The van der Waals surface area contributed by atoms with Gasteiger partial charge in [-0.05, 0) is 55.8 Å². The van der Waals surface area contributed by atoms with Crippen molar-refractivity contribution in [1.29, 1.82) is 0 Å². The van der Waals surface area contributed by atoms with Crippen LogP contribution in [-0.4, -0.2) is 17.2 Å². The zero-order valence-corrected chi connectivity index (χ0v) is 12.1. The molecule has 0 bridgehead atoms. The molecule has 0 unspecified atom stereocenters. The van der Waals surface area contributed by atoms with Crippen LogP contribution in [0.3, 0.4) is 0 Å². The Balaban J connectivity index is 1.54. The maximum Gasteiger partial charge on any atom is 0.0491 e. The number of rotatable bonds is 6. The van der Waals surface area contributed by atoms with Crippen molar-refractivity contribution in [2.75, 3.05) is 6.54 Å². The molecule has 1 aliphatic rings. The van der Waals surface area contributed by atoms with Crippen LogP contribution < -0.4 is 5.32 Å². The van der Waals surface area contributed by atoms with Gasteiger partial charge in [-0.25, -0.2) is 0 Å². The third-order valence-corrected chi connectivity index (χ3v) is 4.07. The van der Waals surface area contributed by atoms with E-state index in [1.54, 1.807) is 0 Å². The van der Waals surface area contributed by atoms with Gasteiger partial charge in [0.15, 0.2) is 0 Å². The summed E-state index contributed by atoms with van der Waals surface area (Å²) < 4.78 is 3.52. The second-order valence-corrected chi connectivity index (χ2v) is 6.06. The van der Waals surface area contributed by atoms with Crippen LogP contribution in [0.25, 0.3) is 10.9 Å². The molecule has 3 rings (SSSR count). The Morgan fingerprint density at radius 1 is 1.22 bits per heavy atom. The number of unbranched alkanes of at least 4 members (excludes halogenated alkanes) is 1. The first-order chi connectivity index (χ1) is 8.83. The van der Waals surface area contributed by atoms with E-state index in [4.69, 9.17) is 0 Å². The molecular formula is C15H19BrN2. The van der Waals surface area contributed by atoms with E-state index in [1.165, 1.54) is 43.1 Å². The summed E-state index contributed by atoms with van der Waals surface area (Å²) in [6.07, 6.45) is 7.48. The van der Waals surface area contributed by atoms with E-state index >= 15 is 0 Å². The smallest absolute Gasteiger partial charge is 0.0491 e. The standard InChI is InChI=1S/C15H19BrN2/c16-13-4-3-12-7-10-18(15(12)11-13)9-2-1-8-17-14-5-6-14/h3-4,7,10-11,14,17H,1-2,5-6,8-9H2. The van der Waals surface area contributed by atoms with Gasteiger partial charge in [-0.15, -0.1) is 0 Å². The Hall–Kier alpha value is -0.800. The number of halogens is 1. The normalized spacial score (nSPS) is 15.4. The second-order valence-electron chi connectivity index (χ2n) is 5.15. The lowest BCUT2D eigenvalue weighted by molar-refractivity contribution is 0.575. The maximum absolute atomic E-state index is 3.57. The Kier molecular flexibility index (Phi) is 3.71. The molecule has 96 valence electrons. The third kappa shape index (κ3) is 2.96. The lowest BCUT2D eigenvalue weighted by Crippen LogP contribution is -2.17. The molecule has 1 aromatic carbocycles. The number of benzene rings is 1. The van der Waals surface area contributed by atoms with Gasteiger partial charge in [-0.2, -0.15) is 0 Å². The first-order valence-corrected chi connectivity index (χ1v) is 7.60. The first kappa shape index (κ1) is 12.2. The SMILES string of the molecule is Brc1ccc2ccn(CCCCNC3CC3)c2c1. The average molecular weight is 307 g/mol. The molecular weight excluding hydrogens is 288 g/mol. The van der Waals surface area contributed by atoms with Crippen molar-refractivity contribution >= 4 is 26.8 Å². The minimum atomic E-state index is 0.841. The Bertz CT molecular complexity index is 528. The summed E-state index contributed by atoms with van der Waals surface area (Å²) >= 11 is 3.54. The van der Waals surface area contributed by atoms with Crippen molar-refractivity contribution in [3.8, 4) is 0 Å². The van der Waals surface area contributed by atoms with Crippen molar-refractivity contribution < 1.29 is 0 Å². The van der Waals surface area contributed by atoms with Crippen molar-refractivity contribution in [2.45, 2.75) is 38.3 Å². The molecule has 3 heteroatoms. The van der Waals surface area contributed by atoms with E-state index in [0.717, 1.165) is 17.1 Å². The summed E-state index contributed by atoms with van der Waals surface area (Å²) in [5.41, 5.74) is 1.33. The van der Waals surface area contributed by atoms with Gasteiger partial charge in [0.05, 0.1) is 0 Å². The van der Waals surface area contributed by atoms with Gasteiger partial charge in [0.25, 0.3) is 0 Å². The molecule has 0 aliphatic heterocycles. The summed E-state index contributed by atoms with van der Waals surface area (Å²) in [6.45, 7) is 2.29. The van der Waals surface area contributed by atoms with Crippen molar-refractivity contribution in [2.24, 2.45) is 0 Å². The molecule has 2 nitrogen and oxygen atoms in total. The molecule has 1 aromatic heterocycles. The van der Waals surface area contributed by atoms with Crippen LogP contribution in [0.1, 0.15) is 25.7 Å². The van der Waals surface area contributed by atoms with Crippen LogP contribution >= 0.6 is 15.9 Å². The van der Waals surface area contributed by atoms with Gasteiger partial charge in [0, 0.05) is 28.8 Å². The molecule has 0 saturated heterocycles. The number of fused-ring (bicyclic) bond motifs is 1. The molecule has 1 saturated carbocycles. The monoisotopic (exact) mass is 306 g/mol. The quantitative estimate of drug-likeness (QED) is 0.800. The fraction of sp³-hybridized carbons (Fsp3) is 0.467. The number of nitrogens with zero attached hydrogens (tertiary/aromatic N) is 1. The topological polar surface area (TPSA) is 17.0 Å². The average Bonchev–Trinajstić information content (AvgIpc) is 3.11. The van der Waals surface area contributed by atoms with Gasteiger partial charge in [-0.1, -0.05) is 22.0 Å².